The molecule has 3 heterocycles. The zero-order chi connectivity index (χ0) is 28.9. The zero-order valence-electron chi connectivity index (χ0n) is 24.7. The molecule has 0 unspecified atom stereocenters. The number of hydrogen-bond acceptors (Lipinski definition) is 4. The Hall–Kier alpha value is -3.95. The van der Waals surface area contributed by atoms with Crippen molar-refractivity contribution < 1.29 is 30.9 Å². The van der Waals surface area contributed by atoms with E-state index in [1.807, 2.05) is 54.6 Å². The smallest absolute Gasteiger partial charge is 0.217 e. The van der Waals surface area contributed by atoms with Crippen molar-refractivity contribution in [3.8, 4) is 34.5 Å². The summed E-state index contributed by atoms with van der Waals surface area (Å²) in [7, 11) is 0. The van der Waals surface area contributed by atoms with Crippen LogP contribution in [0, 0.1) is 6.07 Å². The van der Waals surface area contributed by atoms with E-state index >= 15 is 0 Å². The molecule has 0 radical (unpaired) electrons. The molecular weight excluding hydrogens is 701 g/mol. The van der Waals surface area contributed by atoms with Crippen molar-refractivity contribution in [3.63, 3.8) is 0 Å². The molecular formula is C36H34N3O2Pt-. The molecule has 42 heavy (non-hydrogen) atoms. The summed E-state index contributed by atoms with van der Waals surface area (Å²) in [5.74, 6) is 2.01. The molecule has 1 N–H and O–H groups in total. The van der Waals surface area contributed by atoms with Gasteiger partial charge in [-0.05, 0) is 58.2 Å². The molecule has 216 valence electrons. The van der Waals surface area contributed by atoms with Crippen LogP contribution in [0.5, 0.6) is 17.4 Å². The number of phenolic OH excluding ortho intramolecular Hbond substituents is 1. The molecule has 0 fully saturated rings. The third kappa shape index (κ3) is 5.46. The number of hydrogen-bond donors (Lipinski definition) is 1. The van der Waals surface area contributed by atoms with Gasteiger partial charge in [-0.15, -0.1) is 17.7 Å². The maximum absolute atomic E-state index is 10.7. The van der Waals surface area contributed by atoms with Gasteiger partial charge >= 0.3 is 0 Å². The molecule has 5 nitrogen and oxygen atoms in total. The fourth-order valence-corrected chi connectivity index (χ4v) is 5.30. The van der Waals surface area contributed by atoms with E-state index in [9.17, 15) is 5.11 Å². The van der Waals surface area contributed by atoms with Crippen molar-refractivity contribution in [1.82, 2.24) is 14.5 Å². The number of para-hydroxylation sites is 1. The van der Waals surface area contributed by atoms with Crippen LogP contribution in [0.2, 0.25) is 0 Å². The van der Waals surface area contributed by atoms with E-state index in [1.54, 1.807) is 12.3 Å². The van der Waals surface area contributed by atoms with Crippen LogP contribution in [0.25, 0.3) is 38.9 Å². The first-order valence-electron chi connectivity index (χ1n) is 13.9. The summed E-state index contributed by atoms with van der Waals surface area (Å²) in [6.45, 7) is 13.1. The second-order valence-electron chi connectivity index (χ2n) is 12.5. The van der Waals surface area contributed by atoms with Gasteiger partial charge in [0.25, 0.3) is 0 Å². The summed E-state index contributed by atoms with van der Waals surface area (Å²) in [6, 6.07) is 31.3. The Morgan fingerprint density at radius 2 is 1.57 bits per heavy atom. The molecule has 6 rings (SSSR count). The summed E-state index contributed by atoms with van der Waals surface area (Å²) in [4.78, 5) is 9.47. The van der Waals surface area contributed by atoms with Gasteiger partial charge in [0.1, 0.15) is 11.6 Å². The van der Waals surface area contributed by atoms with Gasteiger partial charge in [-0.1, -0.05) is 88.8 Å². The molecule has 3 aromatic heterocycles. The Kier molecular flexibility index (Phi) is 7.76. The average molecular weight is 736 g/mol. The van der Waals surface area contributed by atoms with Crippen LogP contribution in [0.15, 0.2) is 91.1 Å². The maximum atomic E-state index is 10.7. The van der Waals surface area contributed by atoms with Crippen molar-refractivity contribution in [2.75, 3.05) is 0 Å². The molecule has 3 aromatic carbocycles. The molecule has 0 atom stereocenters. The first kappa shape index (κ1) is 29.5. The Balaban J connectivity index is 0.00000353. The van der Waals surface area contributed by atoms with E-state index in [0.717, 1.165) is 38.8 Å². The molecule has 0 saturated carbocycles. The van der Waals surface area contributed by atoms with Gasteiger partial charge in [0.2, 0.25) is 5.88 Å². The molecule has 0 aliphatic rings. The van der Waals surface area contributed by atoms with Crippen LogP contribution < -0.4 is 4.74 Å². The van der Waals surface area contributed by atoms with Crippen LogP contribution in [-0.4, -0.2) is 19.6 Å². The number of pyridine rings is 2. The number of rotatable bonds is 4. The van der Waals surface area contributed by atoms with Crippen LogP contribution in [0.3, 0.4) is 0 Å². The Labute approximate surface area is 261 Å². The van der Waals surface area contributed by atoms with E-state index < -0.39 is 0 Å². The van der Waals surface area contributed by atoms with E-state index in [2.05, 4.69) is 81.4 Å². The summed E-state index contributed by atoms with van der Waals surface area (Å²) in [6.07, 6.45) is 1.81. The van der Waals surface area contributed by atoms with E-state index in [1.165, 1.54) is 0 Å². The second-order valence-corrected chi connectivity index (χ2v) is 12.5. The SMILES string of the molecule is CC(C)(C)c1ccc(O)c(-c2cccc(Oc3[c-]c4c(c(C(C)(C)C)c3)c3ccccc3n4-c3ccccn3)n2)c1.[Pt]. The van der Waals surface area contributed by atoms with Gasteiger partial charge in [0.05, 0.1) is 5.69 Å². The minimum atomic E-state index is -0.168. The van der Waals surface area contributed by atoms with Crippen LogP contribution in [0.4, 0.5) is 0 Å². The normalized spacial score (nSPS) is 12.0. The van der Waals surface area contributed by atoms with Gasteiger partial charge in [0, 0.05) is 50.2 Å². The van der Waals surface area contributed by atoms with Gasteiger partial charge in [-0.2, -0.15) is 0 Å². The van der Waals surface area contributed by atoms with Crippen molar-refractivity contribution in [1.29, 1.82) is 0 Å². The molecule has 0 aliphatic heterocycles. The number of aromatic nitrogens is 3. The van der Waals surface area contributed by atoms with E-state index in [-0.39, 0.29) is 37.6 Å². The third-order valence-corrected chi connectivity index (χ3v) is 7.42. The molecule has 6 heteroatoms. The minimum absolute atomic E-state index is 0. The van der Waals surface area contributed by atoms with Gasteiger partial charge in [0.15, 0.2) is 0 Å². The first-order valence-corrected chi connectivity index (χ1v) is 13.9. The predicted molar refractivity (Wildman–Crippen MR) is 166 cm³/mol. The van der Waals surface area contributed by atoms with Crippen molar-refractivity contribution in [2.45, 2.75) is 52.4 Å². The van der Waals surface area contributed by atoms with E-state index in [4.69, 9.17) is 9.72 Å². The van der Waals surface area contributed by atoms with Crippen molar-refractivity contribution in [3.05, 3.63) is 108 Å². The number of fused-ring (bicyclic) bond motifs is 3. The van der Waals surface area contributed by atoms with Crippen LogP contribution in [-0.2, 0) is 31.9 Å². The summed E-state index contributed by atoms with van der Waals surface area (Å²) < 4.78 is 8.57. The Morgan fingerprint density at radius 3 is 2.29 bits per heavy atom. The van der Waals surface area contributed by atoms with Gasteiger partial charge in [-0.25, -0.2) is 9.97 Å². The zero-order valence-corrected chi connectivity index (χ0v) is 26.9. The van der Waals surface area contributed by atoms with E-state index in [0.29, 0.717) is 22.9 Å². The molecule has 0 amide bonds. The predicted octanol–water partition coefficient (Wildman–Crippen LogP) is 9.13. The van der Waals surface area contributed by atoms with Gasteiger partial charge in [-0.3, -0.25) is 0 Å². The minimum Gasteiger partial charge on any atom is -0.507 e. The Morgan fingerprint density at radius 1 is 0.810 bits per heavy atom. The summed E-state index contributed by atoms with van der Waals surface area (Å²) in [5.41, 5.74) is 5.33. The quantitative estimate of drug-likeness (QED) is 0.184. The van der Waals surface area contributed by atoms with Crippen molar-refractivity contribution in [2.24, 2.45) is 0 Å². The fourth-order valence-electron chi connectivity index (χ4n) is 5.30. The summed E-state index contributed by atoms with van der Waals surface area (Å²) in [5, 5.41) is 13.0. The first-order chi connectivity index (χ1) is 19.5. The van der Waals surface area contributed by atoms with Gasteiger partial charge < -0.3 is 14.4 Å². The number of phenols is 1. The third-order valence-electron chi connectivity index (χ3n) is 7.42. The molecule has 0 aliphatic carbocycles. The fraction of sp³-hybridized carbons (Fsp3) is 0.222. The number of nitrogens with zero attached hydrogens (tertiary/aromatic N) is 3. The largest absolute Gasteiger partial charge is 0.507 e. The standard InChI is InChI=1S/C36H34N3O2.Pt/c1-35(2,3)23-17-18-31(40)26(20-23)28-13-11-16-33(38-28)41-24-21-27(36(4,5)6)34-25-12-7-8-14-29(25)39(30(34)22-24)32-15-9-10-19-37-32;/h7-21,40H,1-6H3;/q-1;. The monoisotopic (exact) mass is 735 g/mol. The average Bonchev–Trinajstić information content (AvgIpc) is 3.26. The number of aromatic hydroxyl groups is 1. The summed E-state index contributed by atoms with van der Waals surface area (Å²) >= 11 is 0. The second kappa shape index (κ2) is 11.0. The topological polar surface area (TPSA) is 60.2 Å². The maximum Gasteiger partial charge on any atom is 0.217 e. The van der Waals surface area contributed by atoms with Crippen molar-refractivity contribution >= 4 is 21.8 Å². The number of ether oxygens (including phenoxy) is 1. The Bertz CT molecular complexity index is 1900. The van der Waals surface area contributed by atoms with Crippen LogP contribution in [0.1, 0.15) is 52.7 Å². The molecule has 0 bridgehead atoms. The molecule has 6 aromatic rings. The van der Waals surface area contributed by atoms with Crippen LogP contribution >= 0.6 is 0 Å². The molecule has 0 saturated heterocycles. The molecule has 0 spiro atoms. The number of benzene rings is 3.